The molecule has 0 unspecified atom stereocenters. The highest BCUT2D eigenvalue weighted by Gasteiger charge is 2.40. The lowest BCUT2D eigenvalue weighted by Gasteiger charge is -2.29. The van der Waals surface area contributed by atoms with Crippen molar-refractivity contribution >= 4 is 17.5 Å². The van der Waals surface area contributed by atoms with Crippen LogP contribution in [-0.2, 0) is 15.0 Å². The van der Waals surface area contributed by atoms with Gasteiger partial charge in [-0.2, -0.15) is 0 Å². The van der Waals surface area contributed by atoms with Crippen LogP contribution in [-0.4, -0.2) is 17.5 Å². The van der Waals surface area contributed by atoms with Crippen molar-refractivity contribution in [1.29, 1.82) is 0 Å². The average Bonchev–Trinajstić information content (AvgIpc) is 2.95. The van der Waals surface area contributed by atoms with Gasteiger partial charge >= 0.3 is 5.97 Å². The number of rotatable bonds is 5. The summed E-state index contributed by atoms with van der Waals surface area (Å²) in [5.41, 5.74) is 5.60. The van der Waals surface area contributed by atoms with Crippen molar-refractivity contribution in [2.75, 3.05) is 0 Å². The second kappa shape index (κ2) is 6.87. The van der Waals surface area contributed by atoms with Gasteiger partial charge in [-0.1, -0.05) is 55.4 Å². The smallest absolute Gasteiger partial charge is 0.318 e. The van der Waals surface area contributed by atoms with Crippen LogP contribution >= 0.6 is 0 Å². The number of hydrogen-bond donors (Lipinski definition) is 0. The second-order valence-corrected chi connectivity index (χ2v) is 6.68. The zero-order valence-electron chi connectivity index (χ0n) is 15.6. The molecule has 0 aromatic heterocycles. The van der Waals surface area contributed by atoms with Crippen LogP contribution in [0.4, 0.5) is 0 Å². The molecule has 0 amide bonds. The number of carbonyl (C=O) groups excluding carboxylic acids is 2. The molecule has 1 aliphatic rings. The summed E-state index contributed by atoms with van der Waals surface area (Å²) in [6.45, 7) is 7.19. The van der Waals surface area contributed by atoms with Crippen molar-refractivity contribution in [3.05, 3.63) is 59.2 Å². The summed E-state index contributed by atoms with van der Waals surface area (Å²) >= 11 is 0. The average molecular weight is 349 g/mol. The first-order chi connectivity index (χ1) is 12.4. The first-order valence-corrected chi connectivity index (χ1v) is 8.96. The molecule has 0 saturated carbocycles. The number of fused-ring (bicyclic) bond motifs is 3. The molecule has 4 heteroatoms. The molecule has 134 valence electrons. The first-order valence-electron chi connectivity index (χ1n) is 8.96. The monoisotopic (exact) mass is 349 g/mol. The van der Waals surface area contributed by atoms with E-state index in [4.69, 9.17) is 0 Å². The number of benzene rings is 2. The van der Waals surface area contributed by atoms with Crippen molar-refractivity contribution in [3.63, 3.8) is 0 Å². The maximum absolute atomic E-state index is 12.7. The fourth-order valence-electron chi connectivity index (χ4n) is 3.99. The quantitative estimate of drug-likeness (QED) is 0.334. The van der Waals surface area contributed by atoms with Crippen LogP contribution < -0.4 is 0 Å². The zero-order valence-corrected chi connectivity index (χ0v) is 15.6. The largest absolute Gasteiger partial charge is 0.331 e. The Morgan fingerprint density at radius 3 is 2.27 bits per heavy atom. The van der Waals surface area contributed by atoms with E-state index >= 15 is 0 Å². The van der Waals surface area contributed by atoms with E-state index < -0.39 is 5.97 Å². The number of carbonyl (C=O) groups is 2. The standard InChI is InChI=1S/C22H23NO3/c1-5-22(6-2)19-10-8-7-9-17(19)18-12-11-16(13-20(18)22)21(25)14(3)23-26-15(4)24/h7-13H,5-6H2,1-4H3. The van der Waals surface area contributed by atoms with Crippen LogP contribution in [0, 0.1) is 0 Å². The number of nitrogens with zero attached hydrogens (tertiary/aromatic N) is 1. The molecule has 0 N–H and O–H groups in total. The van der Waals surface area contributed by atoms with Crippen LogP contribution in [0.2, 0.25) is 0 Å². The van der Waals surface area contributed by atoms with Crippen LogP contribution in [0.1, 0.15) is 62.0 Å². The van der Waals surface area contributed by atoms with Crippen molar-refractivity contribution in [1.82, 2.24) is 0 Å². The van der Waals surface area contributed by atoms with Gasteiger partial charge in [0, 0.05) is 17.9 Å². The third kappa shape index (κ3) is 2.75. The van der Waals surface area contributed by atoms with Gasteiger partial charge in [0.15, 0.2) is 0 Å². The van der Waals surface area contributed by atoms with Crippen molar-refractivity contribution in [2.45, 2.75) is 46.0 Å². The molecule has 0 radical (unpaired) electrons. The predicted octanol–water partition coefficient (Wildman–Crippen LogP) is 4.89. The Morgan fingerprint density at radius 1 is 0.962 bits per heavy atom. The minimum absolute atomic E-state index is 0.0802. The Kier molecular flexibility index (Phi) is 4.77. The molecule has 0 spiro atoms. The minimum Gasteiger partial charge on any atom is -0.318 e. The predicted molar refractivity (Wildman–Crippen MR) is 102 cm³/mol. The molecule has 0 atom stereocenters. The maximum atomic E-state index is 12.7. The maximum Gasteiger partial charge on any atom is 0.331 e. The summed E-state index contributed by atoms with van der Waals surface area (Å²) in [7, 11) is 0. The van der Waals surface area contributed by atoms with Crippen molar-refractivity contribution in [3.8, 4) is 11.1 Å². The lowest BCUT2D eigenvalue weighted by atomic mass is 9.73. The highest BCUT2D eigenvalue weighted by molar-refractivity contribution is 6.45. The van der Waals surface area contributed by atoms with Gasteiger partial charge in [0.05, 0.1) is 0 Å². The topological polar surface area (TPSA) is 55.7 Å². The molecular weight excluding hydrogens is 326 g/mol. The van der Waals surface area contributed by atoms with E-state index in [0.717, 1.165) is 12.8 Å². The lowest BCUT2D eigenvalue weighted by molar-refractivity contribution is -0.140. The molecule has 0 saturated heterocycles. The van der Waals surface area contributed by atoms with Gasteiger partial charge in [0.1, 0.15) is 5.71 Å². The van der Waals surface area contributed by atoms with Gasteiger partial charge in [-0.25, -0.2) is 4.79 Å². The van der Waals surface area contributed by atoms with E-state index in [1.807, 2.05) is 18.2 Å². The number of ketones is 1. The normalized spacial score (nSPS) is 14.5. The number of hydrogen-bond acceptors (Lipinski definition) is 4. The van der Waals surface area contributed by atoms with Crippen LogP contribution in [0.5, 0.6) is 0 Å². The van der Waals surface area contributed by atoms with Gasteiger partial charge in [0.2, 0.25) is 5.78 Å². The molecule has 4 nitrogen and oxygen atoms in total. The van der Waals surface area contributed by atoms with Gasteiger partial charge in [-0.3, -0.25) is 4.79 Å². The van der Waals surface area contributed by atoms with Crippen LogP contribution in [0.3, 0.4) is 0 Å². The van der Waals surface area contributed by atoms with Gasteiger partial charge in [-0.15, -0.1) is 0 Å². The van der Waals surface area contributed by atoms with Crippen molar-refractivity contribution < 1.29 is 14.4 Å². The fourth-order valence-corrected chi connectivity index (χ4v) is 3.99. The van der Waals surface area contributed by atoms with Gasteiger partial charge < -0.3 is 4.84 Å². The summed E-state index contributed by atoms with van der Waals surface area (Å²) in [5.74, 6) is -0.774. The third-order valence-electron chi connectivity index (χ3n) is 5.38. The van der Waals surface area contributed by atoms with Crippen LogP contribution in [0.25, 0.3) is 11.1 Å². The van der Waals surface area contributed by atoms with E-state index in [9.17, 15) is 9.59 Å². The molecule has 26 heavy (non-hydrogen) atoms. The molecule has 2 aromatic rings. The first kappa shape index (κ1) is 18.1. The lowest BCUT2D eigenvalue weighted by Crippen LogP contribution is -2.23. The minimum atomic E-state index is -0.544. The zero-order chi connectivity index (χ0) is 18.9. The molecular formula is C22H23NO3. The Hall–Kier alpha value is -2.75. The second-order valence-electron chi connectivity index (χ2n) is 6.68. The number of Topliss-reactive ketones (excluding diaryl/α,β-unsaturated/α-hetero) is 1. The molecule has 0 heterocycles. The highest BCUT2D eigenvalue weighted by atomic mass is 16.7. The fraction of sp³-hybridized carbons (Fsp3) is 0.318. The summed E-state index contributed by atoms with van der Waals surface area (Å²) in [5, 5.41) is 3.63. The van der Waals surface area contributed by atoms with E-state index in [1.54, 1.807) is 6.92 Å². The van der Waals surface area contributed by atoms with E-state index in [-0.39, 0.29) is 16.9 Å². The van der Waals surface area contributed by atoms with E-state index in [1.165, 1.54) is 29.2 Å². The SMILES string of the molecule is CCC1(CC)c2ccccc2-c2ccc(C(=O)C(C)=NOC(C)=O)cc21. The van der Waals surface area contributed by atoms with Crippen LogP contribution in [0.15, 0.2) is 47.6 Å². The van der Waals surface area contributed by atoms with E-state index in [0.29, 0.717) is 5.56 Å². The van der Waals surface area contributed by atoms with E-state index in [2.05, 4.69) is 48.1 Å². The molecule has 2 aromatic carbocycles. The molecule has 0 bridgehead atoms. The molecule has 1 aliphatic carbocycles. The molecule has 0 aliphatic heterocycles. The Bertz CT molecular complexity index is 907. The Labute approximate surface area is 153 Å². The van der Waals surface area contributed by atoms with Gasteiger partial charge in [-0.05, 0) is 48.1 Å². The molecule has 3 rings (SSSR count). The summed E-state index contributed by atoms with van der Waals surface area (Å²) in [4.78, 5) is 28.2. The Morgan fingerprint density at radius 2 is 1.62 bits per heavy atom. The summed E-state index contributed by atoms with van der Waals surface area (Å²) in [6, 6.07) is 14.3. The number of oxime groups is 1. The molecule has 0 fully saturated rings. The summed E-state index contributed by atoms with van der Waals surface area (Å²) < 4.78 is 0. The highest BCUT2D eigenvalue weighted by Crippen LogP contribution is 2.52. The third-order valence-corrected chi connectivity index (χ3v) is 5.38. The van der Waals surface area contributed by atoms with Crippen molar-refractivity contribution in [2.24, 2.45) is 5.16 Å². The van der Waals surface area contributed by atoms with Gasteiger partial charge in [0.25, 0.3) is 0 Å². The Balaban J connectivity index is 2.09. The summed E-state index contributed by atoms with van der Waals surface area (Å²) in [6.07, 6.45) is 1.93.